The van der Waals surface area contributed by atoms with E-state index in [1.165, 1.54) is 0 Å². The summed E-state index contributed by atoms with van der Waals surface area (Å²) in [5, 5.41) is 0.900. The van der Waals surface area contributed by atoms with E-state index in [0.717, 1.165) is 31.3 Å². The van der Waals surface area contributed by atoms with Crippen LogP contribution >= 0.6 is 27.3 Å². The Kier molecular flexibility index (Phi) is 3.91. The van der Waals surface area contributed by atoms with Gasteiger partial charge in [-0.05, 0) is 33.6 Å². The van der Waals surface area contributed by atoms with E-state index in [2.05, 4.69) is 38.0 Å². The maximum Gasteiger partial charge on any atom is 0.142 e. The fourth-order valence-corrected chi connectivity index (χ4v) is 3.23. The number of rotatable bonds is 3. The predicted molar refractivity (Wildman–Crippen MR) is 86.4 cm³/mol. The molecule has 0 aliphatic carbocycles. The number of pyridine rings is 1. The van der Waals surface area contributed by atoms with Gasteiger partial charge in [0.05, 0.1) is 16.3 Å². The molecule has 3 nitrogen and oxygen atoms in total. The van der Waals surface area contributed by atoms with Gasteiger partial charge in [-0.3, -0.25) is 4.98 Å². The summed E-state index contributed by atoms with van der Waals surface area (Å²) in [5.74, 6) is 0. The Hall–Kier alpha value is -1.56. The highest BCUT2D eigenvalue weighted by Gasteiger charge is 2.13. The van der Waals surface area contributed by atoms with Crippen molar-refractivity contribution in [2.75, 3.05) is 0 Å². The molecule has 3 rings (SSSR count). The van der Waals surface area contributed by atoms with Crippen molar-refractivity contribution in [1.29, 1.82) is 0 Å². The van der Waals surface area contributed by atoms with Gasteiger partial charge in [-0.15, -0.1) is 11.3 Å². The van der Waals surface area contributed by atoms with Crippen LogP contribution < -0.4 is 5.73 Å². The summed E-state index contributed by atoms with van der Waals surface area (Å²) >= 11 is 5.02. The van der Waals surface area contributed by atoms with Crippen molar-refractivity contribution in [2.45, 2.75) is 6.54 Å². The lowest BCUT2D eigenvalue weighted by Crippen LogP contribution is -1.98. The molecule has 0 aliphatic heterocycles. The lowest BCUT2D eigenvalue weighted by atomic mass is 10.1. The largest absolute Gasteiger partial charge is 0.325 e. The molecule has 0 bridgehead atoms. The maximum absolute atomic E-state index is 5.82. The minimum atomic E-state index is 0.428. The van der Waals surface area contributed by atoms with Crippen LogP contribution in [0.25, 0.3) is 21.1 Å². The second-order valence-electron chi connectivity index (χ2n) is 4.23. The molecular weight excluding hydrogens is 334 g/mol. The monoisotopic (exact) mass is 345 g/mol. The summed E-state index contributed by atoms with van der Waals surface area (Å²) in [7, 11) is 0. The number of benzene rings is 1. The average Bonchev–Trinajstić information content (AvgIpc) is 2.93. The molecule has 0 saturated heterocycles. The van der Waals surface area contributed by atoms with Crippen molar-refractivity contribution >= 4 is 27.3 Å². The van der Waals surface area contributed by atoms with Gasteiger partial charge in [0.15, 0.2) is 0 Å². The molecule has 0 spiro atoms. The van der Waals surface area contributed by atoms with Crippen molar-refractivity contribution in [3.63, 3.8) is 0 Å². The molecule has 2 aromatic heterocycles. The minimum Gasteiger partial charge on any atom is -0.325 e. The van der Waals surface area contributed by atoms with Crippen LogP contribution in [-0.4, -0.2) is 9.97 Å². The third-order valence-corrected chi connectivity index (χ3v) is 4.51. The van der Waals surface area contributed by atoms with Crippen LogP contribution in [0, 0.1) is 0 Å². The van der Waals surface area contributed by atoms with E-state index in [-0.39, 0.29) is 0 Å². The second-order valence-corrected chi connectivity index (χ2v) is 6.14. The van der Waals surface area contributed by atoms with Crippen molar-refractivity contribution in [1.82, 2.24) is 9.97 Å². The molecule has 2 heterocycles. The van der Waals surface area contributed by atoms with E-state index < -0.39 is 0 Å². The van der Waals surface area contributed by atoms with Gasteiger partial charge >= 0.3 is 0 Å². The second kappa shape index (κ2) is 5.83. The van der Waals surface area contributed by atoms with Gasteiger partial charge in [-0.1, -0.05) is 30.3 Å². The van der Waals surface area contributed by atoms with Gasteiger partial charge < -0.3 is 5.73 Å². The molecule has 5 heteroatoms. The fraction of sp³-hybridized carbons (Fsp3) is 0.0667. The Balaban J connectivity index is 2.07. The lowest BCUT2D eigenvalue weighted by Gasteiger charge is -1.98. The van der Waals surface area contributed by atoms with Crippen molar-refractivity contribution in [2.24, 2.45) is 5.73 Å². The predicted octanol–water partition coefficient (Wildman–Crippen LogP) is 4.09. The summed E-state index contributed by atoms with van der Waals surface area (Å²) < 4.78 is 0.958. The molecule has 0 radical (unpaired) electrons. The van der Waals surface area contributed by atoms with Gasteiger partial charge in [0.1, 0.15) is 5.01 Å². The number of aromatic nitrogens is 2. The van der Waals surface area contributed by atoms with E-state index in [1.54, 1.807) is 17.5 Å². The lowest BCUT2D eigenvalue weighted by molar-refractivity contribution is 1.01. The molecular formula is C15H12BrN3S. The Morgan fingerprint density at radius 1 is 1.10 bits per heavy atom. The van der Waals surface area contributed by atoms with Gasteiger partial charge in [-0.25, -0.2) is 4.98 Å². The van der Waals surface area contributed by atoms with E-state index in [1.807, 2.05) is 30.3 Å². The van der Waals surface area contributed by atoms with Gasteiger partial charge in [0.2, 0.25) is 0 Å². The normalized spacial score (nSPS) is 10.7. The van der Waals surface area contributed by atoms with Crippen LogP contribution in [0.1, 0.15) is 5.69 Å². The number of thiazole rings is 1. The number of halogens is 1. The van der Waals surface area contributed by atoms with Crippen LogP contribution in [0.2, 0.25) is 0 Å². The number of nitrogens with two attached hydrogens (primary N) is 1. The zero-order valence-electron chi connectivity index (χ0n) is 10.6. The first kappa shape index (κ1) is 13.4. The van der Waals surface area contributed by atoms with E-state index >= 15 is 0 Å². The van der Waals surface area contributed by atoms with Crippen LogP contribution in [0.15, 0.2) is 53.1 Å². The highest BCUT2D eigenvalue weighted by molar-refractivity contribution is 9.10. The maximum atomic E-state index is 5.82. The molecule has 20 heavy (non-hydrogen) atoms. The zero-order valence-corrected chi connectivity index (χ0v) is 13.0. The summed E-state index contributed by atoms with van der Waals surface area (Å²) in [4.78, 5) is 10.1. The summed E-state index contributed by atoms with van der Waals surface area (Å²) in [6.07, 6.45) is 1.78. The SMILES string of the molecule is NCc1nc(-c2ccc(Br)cn2)sc1-c1ccccc1. The van der Waals surface area contributed by atoms with Crippen molar-refractivity contribution < 1.29 is 0 Å². The Morgan fingerprint density at radius 2 is 1.90 bits per heavy atom. The Morgan fingerprint density at radius 3 is 2.55 bits per heavy atom. The molecule has 0 saturated carbocycles. The fourth-order valence-electron chi connectivity index (χ4n) is 1.92. The summed E-state index contributed by atoms with van der Waals surface area (Å²) in [6, 6.07) is 14.1. The van der Waals surface area contributed by atoms with Crippen LogP contribution in [0.4, 0.5) is 0 Å². The molecule has 1 aromatic carbocycles. The van der Waals surface area contributed by atoms with E-state index in [9.17, 15) is 0 Å². The third kappa shape index (κ3) is 2.65. The molecule has 0 aliphatic rings. The van der Waals surface area contributed by atoms with Crippen molar-refractivity contribution in [3.05, 3.63) is 58.8 Å². The van der Waals surface area contributed by atoms with Gasteiger partial charge in [0, 0.05) is 17.2 Å². The standard InChI is InChI=1S/C15H12BrN3S/c16-11-6-7-12(18-9-11)15-19-13(8-17)14(20-15)10-4-2-1-3-5-10/h1-7,9H,8,17H2. The zero-order chi connectivity index (χ0) is 13.9. The summed E-state index contributed by atoms with van der Waals surface area (Å²) in [6.45, 7) is 0.428. The molecule has 0 fully saturated rings. The molecule has 100 valence electrons. The number of nitrogens with zero attached hydrogens (tertiary/aromatic N) is 2. The molecule has 3 aromatic rings. The average molecular weight is 346 g/mol. The van der Waals surface area contributed by atoms with Crippen LogP contribution in [0.3, 0.4) is 0 Å². The molecule has 0 atom stereocenters. The molecule has 0 unspecified atom stereocenters. The Labute approximate surface area is 129 Å². The van der Waals surface area contributed by atoms with Crippen molar-refractivity contribution in [3.8, 4) is 21.1 Å². The molecule has 0 amide bonds. The van der Waals surface area contributed by atoms with Gasteiger partial charge in [-0.2, -0.15) is 0 Å². The van der Waals surface area contributed by atoms with Gasteiger partial charge in [0.25, 0.3) is 0 Å². The third-order valence-electron chi connectivity index (χ3n) is 2.87. The first-order valence-electron chi connectivity index (χ1n) is 6.15. The van der Waals surface area contributed by atoms with Crippen LogP contribution in [0.5, 0.6) is 0 Å². The van der Waals surface area contributed by atoms with E-state index in [0.29, 0.717) is 6.54 Å². The first-order valence-corrected chi connectivity index (χ1v) is 7.76. The number of hydrogen-bond donors (Lipinski definition) is 1. The van der Waals surface area contributed by atoms with E-state index in [4.69, 9.17) is 5.73 Å². The highest BCUT2D eigenvalue weighted by Crippen LogP contribution is 2.34. The quantitative estimate of drug-likeness (QED) is 0.777. The first-order chi connectivity index (χ1) is 9.78. The summed E-state index contributed by atoms with van der Waals surface area (Å²) in [5.41, 5.74) is 8.75. The Bertz CT molecular complexity index is 708. The smallest absolute Gasteiger partial charge is 0.142 e. The minimum absolute atomic E-state index is 0.428. The highest BCUT2D eigenvalue weighted by atomic mass is 79.9. The topological polar surface area (TPSA) is 51.8 Å². The molecule has 2 N–H and O–H groups in total. The van der Waals surface area contributed by atoms with Crippen LogP contribution in [-0.2, 0) is 6.54 Å². The number of hydrogen-bond acceptors (Lipinski definition) is 4.